The zero-order valence-electron chi connectivity index (χ0n) is 18.0. The van der Waals surface area contributed by atoms with Gasteiger partial charge >= 0.3 is 0 Å². The van der Waals surface area contributed by atoms with E-state index in [0.29, 0.717) is 28.5 Å². The van der Waals surface area contributed by atoms with Crippen molar-refractivity contribution in [3.8, 4) is 17.6 Å². The van der Waals surface area contributed by atoms with Crippen molar-refractivity contribution in [3.63, 3.8) is 0 Å². The molecule has 0 atom stereocenters. The Morgan fingerprint density at radius 2 is 1.78 bits per heavy atom. The van der Waals surface area contributed by atoms with Crippen LogP contribution in [0.5, 0.6) is 11.5 Å². The first-order valence-corrected chi connectivity index (χ1v) is 12.5. The number of rotatable bonds is 10. The van der Waals surface area contributed by atoms with E-state index in [1.54, 1.807) is 18.2 Å². The fourth-order valence-electron chi connectivity index (χ4n) is 3.71. The molecule has 0 aliphatic heterocycles. The summed E-state index contributed by atoms with van der Waals surface area (Å²) in [5.74, 6) is 1.41. The third kappa shape index (κ3) is 7.43. The minimum Gasteiger partial charge on any atom is -0.494 e. The van der Waals surface area contributed by atoms with Gasteiger partial charge in [-0.05, 0) is 81.3 Å². The fraction of sp³-hybridized carbons (Fsp3) is 0.440. The molecule has 170 valence electrons. The SMILES string of the molecule is N#Cc1ccc(O[C@H]2CC[C@H](NC(=O)c3ccc(OCCCCCBr)cc3)CC2)cc1Cl. The van der Waals surface area contributed by atoms with Crippen LogP contribution in [0.2, 0.25) is 5.02 Å². The van der Waals surface area contributed by atoms with Gasteiger partial charge in [-0.3, -0.25) is 4.79 Å². The Morgan fingerprint density at radius 3 is 2.44 bits per heavy atom. The third-order valence-corrected chi connectivity index (χ3v) is 6.41. The van der Waals surface area contributed by atoms with Gasteiger partial charge in [-0.1, -0.05) is 27.5 Å². The molecule has 0 aromatic heterocycles. The molecule has 1 N–H and O–H groups in total. The lowest BCUT2D eigenvalue weighted by Crippen LogP contribution is -2.39. The summed E-state index contributed by atoms with van der Waals surface area (Å²) in [6, 6.07) is 14.6. The number of hydrogen-bond donors (Lipinski definition) is 1. The van der Waals surface area contributed by atoms with Crippen LogP contribution in [-0.4, -0.2) is 30.0 Å². The number of nitrogens with zero attached hydrogens (tertiary/aromatic N) is 1. The molecule has 0 heterocycles. The smallest absolute Gasteiger partial charge is 0.251 e. The number of ether oxygens (including phenoxy) is 2. The molecule has 0 radical (unpaired) electrons. The first-order chi connectivity index (χ1) is 15.6. The summed E-state index contributed by atoms with van der Waals surface area (Å²) < 4.78 is 11.8. The molecule has 0 saturated heterocycles. The van der Waals surface area contributed by atoms with Gasteiger partial charge in [0.25, 0.3) is 5.91 Å². The molecule has 0 unspecified atom stereocenters. The van der Waals surface area contributed by atoms with Gasteiger partial charge in [0.2, 0.25) is 0 Å². The van der Waals surface area contributed by atoms with Gasteiger partial charge < -0.3 is 14.8 Å². The Bertz CT molecular complexity index is 922. The monoisotopic (exact) mass is 518 g/mol. The van der Waals surface area contributed by atoms with Crippen LogP contribution in [0, 0.1) is 11.3 Å². The van der Waals surface area contributed by atoms with Gasteiger partial charge in [0.15, 0.2) is 0 Å². The lowest BCUT2D eigenvalue weighted by molar-refractivity contribution is 0.0894. The molecule has 32 heavy (non-hydrogen) atoms. The van der Waals surface area contributed by atoms with E-state index in [4.69, 9.17) is 26.3 Å². The second kappa shape index (κ2) is 12.7. The first-order valence-electron chi connectivity index (χ1n) is 11.0. The largest absolute Gasteiger partial charge is 0.494 e. The number of nitriles is 1. The van der Waals surface area contributed by atoms with Crippen molar-refractivity contribution in [1.82, 2.24) is 5.32 Å². The van der Waals surface area contributed by atoms with Crippen molar-refractivity contribution in [2.24, 2.45) is 0 Å². The van der Waals surface area contributed by atoms with Crippen LogP contribution in [0.4, 0.5) is 0 Å². The predicted octanol–water partition coefficient (Wildman–Crippen LogP) is 6.28. The summed E-state index contributed by atoms with van der Waals surface area (Å²) in [5.41, 5.74) is 1.08. The standard InChI is InChI=1S/C25H28BrClN2O3/c26-14-2-1-3-15-31-21-9-4-18(5-10-21)25(30)29-20-7-12-22(13-8-20)32-23-11-6-19(17-28)24(27)16-23/h4-6,9-11,16,20,22H,1-3,7-8,12-15H2,(H,29,30)/t20-,22-. The van der Waals surface area contributed by atoms with Crippen molar-refractivity contribution in [3.05, 3.63) is 58.6 Å². The Labute approximate surface area is 203 Å². The molecule has 1 aliphatic carbocycles. The van der Waals surface area contributed by atoms with Crippen molar-refractivity contribution < 1.29 is 14.3 Å². The summed E-state index contributed by atoms with van der Waals surface area (Å²) in [6.45, 7) is 0.693. The maximum Gasteiger partial charge on any atom is 0.251 e. The maximum atomic E-state index is 12.6. The molecule has 0 bridgehead atoms. The van der Waals surface area contributed by atoms with Crippen LogP contribution in [0.25, 0.3) is 0 Å². The van der Waals surface area contributed by atoms with Gasteiger partial charge in [-0.15, -0.1) is 0 Å². The number of amides is 1. The lowest BCUT2D eigenvalue weighted by atomic mass is 9.92. The Kier molecular flexibility index (Phi) is 9.70. The first kappa shape index (κ1) is 24.4. The van der Waals surface area contributed by atoms with E-state index in [-0.39, 0.29) is 18.1 Å². The predicted molar refractivity (Wildman–Crippen MR) is 130 cm³/mol. The maximum absolute atomic E-state index is 12.6. The average Bonchev–Trinajstić information content (AvgIpc) is 2.81. The van der Waals surface area contributed by atoms with E-state index in [1.807, 2.05) is 30.3 Å². The van der Waals surface area contributed by atoms with Gasteiger partial charge in [0.1, 0.15) is 17.6 Å². The van der Waals surface area contributed by atoms with Crippen LogP contribution in [0.15, 0.2) is 42.5 Å². The van der Waals surface area contributed by atoms with Crippen molar-refractivity contribution in [1.29, 1.82) is 5.26 Å². The highest BCUT2D eigenvalue weighted by Crippen LogP contribution is 2.27. The minimum atomic E-state index is -0.0582. The van der Waals surface area contributed by atoms with Crippen molar-refractivity contribution in [2.75, 3.05) is 11.9 Å². The molecule has 1 aliphatic rings. The molecule has 1 fully saturated rings. The van der Waals surface area contributed by atoms with E-state index >= 15 is 0 Å². The van der Waals surface area contributed by atoms with Crippen LogP contribution in [-0.2, 0) is 0 Å². The number of hydrogen-bond acceptors (Lipinski definition) is 4. The summed E-state index contributed by atoms with van der Waals surface area (Å²) in [6.07, 6.45) is 6.82. The van der Waals surface area contributed by atoms with Crippen LogP contribution >= 0.6 is 27.5 Å². The van der Waals surface area contributed by atoms with Gasteiger partial charge in [-0.25, -0.2) is 0 Å². The van der Waals surface area contributed by atoms with Crippen LogP contribution in [0.3, 0.4) is 0 Å². The van der Waals surface area contributed by atoms with E-state index in [1.165, 1.54) is 0 Å². The number of halogens is 2. The zero-order chi connectivity index (χ0) is 22.8. The van der Waals surface area contributed by atoms with Gasteiger partial charge in [-0.2, -0.15) is 5.26 Å². The second-order valence-electron chi connectivity index (χ2n) is 7.94. The minimum absolute atomic E-state index is 0.0582. The fourth-order valence-corrected chi connectivity index (χ4v) is 4.32. The average molecular weight is 520 g/mol. The molecule has 1 saturated carbocycles. The number of carbonyl (C=O) groups is 1. The third-order valence-electron chi connectivity index (χ3n) is 5.54. The number of alkyl halides is 1. The molecule has 2 aromatic rings. The molecule has 2 aromatic carbocycles. The highest BCUT2D eigenvalue weighted by Gasteiger charge is 2.24. The molecule has 7 heteroatoms. The molecule has 1 amide bonds. The Balaban J connectivity index is 1.40. The number of benzene rings is 2. The van der Waals surface area contributed by atoms with Crippen molar-refractivity contribution >= 4 is 33.4 Å². The highest BCUT2D eigenvalue weighted by molar-refractivity contribution is 9.09. The normalized spacial score (nSPS) is 17.9. The highest BCUT2D eigenvalue weighted by atomic mass is 79.9. The molecular formula is C25H28BrClN2O3. The van der Waals surface area contributed by atoms with Gasteiger partial charge in [0, 0.05) is 23.0 Å². The Morgan fingerprint density at radius 1 is 1.06 bits per heavy atom. The molecule has 0 spiro atoms. The summed E-state index contributed by atoms with van der Waals surface area (Å²) in [5, 5.41) is 13.5. The van der Waals surface area contributed by atoms with Crippen LogP contribution < -0.4 is 14.8 Å². The van der Waals surface area contributed by atoms with Crippen LogP contribution in [0.1, 0.15) is 60.9 Å². The molecule has 5 nitrogen and oxygen atoms in total. The second-order valence-corrected chi connectivity index (χ2v) is 9.14. The Hall–Kier alpha value is -2.23. The molecule has 3 rings (SSSR count). The zero-order valence-corrected chi connectivity index (χ0v) is 20.3. The molecular weight excluding hydrogens is 492 g/mol. The number of unbranched alkanes of at least 4 members (excludes halogenated alkanes) is 2. The van der Waals surface area contributed by atoms with Gasteiger partial charge in [0.05, 0.1) is 23.3 Å². The van der Waals surface area contributed by atoms with E-state index in [9.17, 15) is 4.79 Å². The number of carbonyl (C=O) groups excluding carboxylic acids is 1. The summed E-state index contributed by atoms with van der Waals surface area (Å²) >= 11 is 9.51. The van der Waals surface area contributed by atoms with Crippen molar-refractivity contribution in [2.45, 2.75) is 57.1 Å². The number of nitrogens with one attached hydrogen (secondary N) is 1. The lowest BCUT2D eigenvalue weighted by Gasteiger charge is -2.29. The summed E-state index contributed by atoms with van der Waals surface area (Å²) in [4.78, 5) is 12.6. The van der Waals surface area contributed by atoms with E-state index in [2.05, 4.69) is 21.2 Å². The quantitative estimate of drug-likeness (QED) is 0.296. The topological polar surface area (TPSA) is 71.3 Å². The summed E-state index contributed by atoms with van der Waals surface area (Å²) in [7, 11) is 0. The van der Waals surface area contributed by atoms with E-state index in [0.717, 1.165) is 56.0 Å². The van der Waals surface area contributed by atoms with E-state index < -0.39 is 0 Å².